The Labute approximate surface area is 124 Å². The molecule has 4 nitrogen and oxygen atoms in total. The lowest BCUT2D eigenvalue weighted by Gasteiger charge is -2.16. The third kappa shape index (κ3) is 5.31. The minimum atomic E-state index is 0.775. The van der Waals surface area contributed by atoms with Crippen LogP contribution in [0.3, 0.4) is 0 Å². The zero-order chi connectivity index (χ0) is 14.2. The SMILES string of the molecule is CN=C(NCCCC1CCCC1)NCC1CCN(C)C1. The molecule has 116 valence electrons. The maximum atomic E-state index is 4.32. The Kier molecular flexibility index (Phi) is 6.64. The molecule has 0 aromatic heterocycles. The Bertz CT molecular complexity index is 297. The molecule has 1 aliphatic heterocycles. The number of nitrogens with zero attached hydrogens (tertiary/aromatic N) is 2. The van der Waals surface area contributed by atoms with Crippen LogP contribution >= 0.6 is 0 Å². The van der Waals surface area contributed by atoms with Gasteiger partial charge in [-0.15, -0.1) is 0 Å². The van der Waals surface area contributed by atoms with E-state index in [2.05, 4.69) is 27.6 Å². The summed E-state index contributed by atoms with van der Waals surface area (Å²) in [6.07, 6.45) is 9.80. The number of likely N-dealkylation sites (tertiary alicyclic amines) is 1. The van der Waals surface area contributed by atoms with Gasteiger partial charge >= 0.3 is 0 Å². The molecule has 0 amide bonds. The molecule has 1 saturated heterocycles. The highest BCUT2D eigenvalue weighted by atomic mass is 15.2. The Balaban J connectivity index is 1.53. The molecule has 4 heteroatoms. The fourth-order valence-corrected chi connectivity index (χ4v) is 3.55. The number of guanidine groups is 1. The van der Waals surface area contributed by atoms with E-state index in [1.807, 2.05) is 7.05 Å². The second-order valence-electron chi connectivity index (χ2n) is 6.59. The normalized spacial score (nSPS) is 25.3. The summed E-state index contributed by atoms with van der Waals surface area (Å²) in [7, 11) is 4.07. The summed E-state index contributed by atoms with van der Waals surface area (Å²) >= 11 is 0. The molecule has 2 fully saturated rings. The van der Waals surface area contributed by atoms with E-state index in [1.54, 1.807) is 0 Å². The van der Waals surface area contributed by atoms with E-state index in [-0.39, 0.29) is 0 Å². The van der Waals surface area contributed by atoms with Crippen LogP contribution in [0.25, 0.3) is 0 Å². The number of nitrogens with one attached hydrogen (secondary N) is 2. The zero-order valence-electron chi connectivity index (χ0n) is 13.3. The van der Waals surface area contributed by atoms with Gasteiger partial charge in [-0.1, -0.05) is 25.7 Å². The molecule has 0 bridgehead atoms. The molecule has 0 aromatic rings. The lowest BCUT2D eigenvalue weighted by Crippen LogP contribution is -2.40. The van der Waals surface area contributed by atoms with E-state index < -0.39 is 0 Å². The van der Waals surface area contributed by atoms with Crippen molar-refractivity contribution in [3.8, 4) is 0 Å². The highest BCUT2D eigenvalue weighted by Crippen LogP contribution is 2.28. The molecule has 20 heavy (non-hydrogen) atoms. The lowest BCUT2D eigenvalue weighted by atomic mass is 10.0. The Morgan fingerprint density at radius 3 is 2.60 bits per heavy atom. The summed E-state index contributed by atoms with van der Waals surface area (Å²) in [5, 5.41) is 6.93. The standard InChI is InChI=1S/C16H32N4/c1-17-16(19-12-15-9-11-20(2)13-15)18-10-5-8-14-6-3-4-7-14/h14-15H,3-13H2,1-2H3,(H2,17,18,19). The van der Waals surface area contributed by atoms with Crippen LogP contribution in [0, 0.1) is 11.8 Å². The third-order valence-corrected chi connectivity index (χ3v) is 4.83. The first-order valence-corrected chi connectivity index (χ1v) is 8.41. The number of hydrogen-bond acceptors (Lipinski definition) is 2. The first-order valence-electron chi connectivity index (χ1n) is 8.41. The van der Waals surface area contributed by atoms with Gasteiger partial charge in [0.05, 0.1) is 0 Å². The molecule has 1 aliphatic carbocycles. The Morgan fingerprint density at radius 2 is 1.95 bits per heavy atom. The van der Waals surface area contributed by atoms with Crippen molar-refractivity contribution in [2.45, 2.75) is 44.9 Å². The van der Waals surface area contributed by atoms with Gasteiger partial charge in [-0.05, 0) is 44.7 Å². The average molecular weight is 280 g/mol. The van der Waals surface area contributed by atoms with E-state index >= 15 is 0 Å². The molecule has 1 atom stereocenters. The van der Waals surface area contributed by atoms with Crippen molar-refractivity contribution in [2.24, 2.45) is 16.8 Å². The summed E-state index contributed by atoms with van der Waals surface area (Å²) in [6.45, 7) is 4.55. The van der Waals surface area contributed by atoms with Gasteiger partial charge in [0, 0.05) is 26.7 Å². The number of rotatable bonds is 6. The number of hydrogen-bond donors (Lipinski definition) is 2. The van der Waals surface area contributed by atoms with Gasteiger partial charge in [0.15, 0.2) is 5.96 Å². The summed E-state index contributed by atoms with van der Waals surface area (Å²) in [4.78, 5) is 6.73. The molecule has 2 N–H and O–H groups in total. The van der Waals surface area contributed by atoms with Crippen LogP contribution in [-0.4, -0.2) is 51.1 Å². The average Bonchev–Trinajstić information content (AvgIpc) is 3.09. The maximum absolute atomic E-state index is 4.32. The van der Waals surface area contributed by atoms with Crippen LogP contribution in [0.5, 0.6) is 0 Å². The van der Waals surface area contributed by atoms with Crippen LogP contribution in [0.2, 0.25) is 0 Å². The predicted molar refractivity (Wildman–Crippen MR) is 86.2 cm³/mol. The first-order chi connectivity index (χ1) is 9.78. The van der Waals surface area contributed by atoms with E-state index in [4.69, 9.17) is 0 Å². The van der Waals surface area contributed by atoms with Crippen LogP contribution < -0.4 is 10.6 Å². The van der Waals surface area contributed by atoms with Gasteiger partial charge in [-0.25, -0.2) is 0 Å². The van der Waals surface area contributed by atoms with Crippen molar-refractivity contribution in [1.82, 2.24) is 15.5 Å². The smallest absolute Gasteiger partial charge is 0.190 e. The lowest BCUT2D eigenvalue weighted by molar-refractivity contribution is 0.393. The topological polar surface area (TPSA) is 39.7 Å². The molecule has 1 saturated carbocycles. The van der Waals surface area contributed by atoms with Crippen LogP contribution in [0.1, 0.15) is 44.9 Å². The van der Waals surface area contributed by atoms with Gasteiger partial charge < -0.3 is 15.5 Å². The highest BCUT2D eigenvalue weighted by molar-refractivity contribution is 5.79. The Morgan fingerprint density at radius 1 is 1.15 bits per heavy atom. The molecule has 0 aromatic carbocycles. The van der Waals surface area contributed by atoms with E-state index in [0.29, 0.717) is 0 Å². The summed E-state index contributed by atoms with van der Waals surface area (Å²) in [6, 6.07) is 0. The second kappa shape index (κ2) is 8.50. The van der Waals surface area contributed by atoms with Crippen molar-refractivity contribution in [3.63, 3.8) is 0 Å². The van der Waals surface area contributed by atoms with Crippen molar-refractivity contribution in [2.75, 3.05) is 40.3 Å². The summed E-state index contributed by atoms with van der Waals surface area (Å²) < 4.78 is 0. The van der Waals surface area contributed by atoms with Gasteiger partial charge in [0.2, 0.25) is 0 Å². The molecular formula is C16H32N4. The van der Waals surface area contributed by atoms with E-state index in [1.165, 1.54) is 58.0 Å². The fraction of sp³-hybridized carbons (Fsp3) is 0.938. The van der Waals surface area contributed by atoms with Gasteiger partial charge in [0.1, 0.15) is 0 Å². The molecule has 2 rings (SSSR count). The van der Waals surface area contributed by atoms with Crippen molar-refractivity contribution in [1.29, 1.82) is 0 Å². The van der Waals surface area contributed by atoms with Gasteiger partial charge in [-0.2, -0.15) is 0 Å². The maximum Gasteiger partial charge on any atom is 0.190 e. The zero-order valence-corrected chi connectivity index (χ0v) is 13.3. The molecule has 1 heterocycles. The van der Waals surface area contributed by atoms with Crippen molar-refractivity contribution in [3.05, 3.63) is 0 Å². The van der Waals surface area contributed by atoms with E-state index in [0.717, 1.165) is 30.9 Å². The molecule has 2 aliphatic rings. The van der Waals surface area contributed by atoms with Crippen LogP contribution in [0.15, 0.2) is 4.99 Å². The monoisotopic (exact) mass is 280 g/mol. The van der Waals surface area contributed by atoms with Gasteiger partial charge in [0.25, 0.3) is 0 Å². The van der Waals surface area contributed by atoms with Crippen LogP contribution in [0.4, 0.5) is 0 Å². The summed E-state index contributed by atoms with van der Waals surface area (Å²) in [5.41, 5.74) is 0. The second-order valence-corrected chi connectivity index (χ2v) is 6.59. The first kappa shape index (κ1) is 15.6. The predicted octanol–water partition coefficient (Wildman–Crippen LogP) is 2.07. The minimum absolute atomic E-state index is 0.775. The quantitative estimate of drug-likeness (QED) is 0.444. The molecule has 0 radical (unpaired) electrons. The van der Waals surface area contributed by atoms with Crippen molar-refractivity contribution < 1.29 is 0 Å². The molecule has 1 unspecified atom stereocenters. The molecule has 0 spiro atoms. The molecular weight excluding hydrogens is 248 g/mol. The Hall–Kier alpha value is -0.770. The minimum Gasteiger partial charge on any atom is -0.356 e. The van der Waals surface area contributed by atoms with Crippen molar-refractivity contribution >= 4 is 5.96 Å². The van der Waals surface area contributed by atoms with E-state index in [9.17, 15) is 0 Å². The summed E-state index contributed by atoms with van der Waals surface area (Å²) in [5.74, 6) is 2.75. The number of aliphatic imine (C=N–C) groups is 1. The highest BCUT2D eigenvalue weighted by Gasteiger charge is 2.19. The largest absolute Gasteiger partial charge is 0.356 e. The van der Waals surface area contributed by atoms with Gasteiger partial charge in [-0.3, -0.25) is 4.99 Å². The van der Waals surface area contributed by atoms with Crippen LogP contribution in [-0.2, 0) is 0 Å². The third-order valence-electron chi connectivity index (χ3n) is 4.83. The fourth-order valence-electron chi connectivity index (χ4n) is 3.55.